The van der Waals surface area contributed by atoms with Crippen molar-refractivity contribution in [3.8, 4) is 51.0 Å². The maximum absolute atomic E-state index is 6.34. The maximum Gasteiger partial charge on any atom is 0.238 e. The molecule has 0 amide bonds. The van der Waals surface area contributed by atoms with Crippen molar-refractivity contribution in [2.45, 2.75) is 19.3 Å². The minimum absolute atomic E-state index is 0.193. The molecule has 0 aliphatic heterocycles. The number of thiophene rings is 1. The number of benzene rings is 8. The molecule has 0 fully saturated rings. The van der Waals surface area contributed by atoms with Crippen molar-refractivity contribution in [1.29, 1.82) is 0 Å². The van der Waals surface area contributed by atoms with Crippen LogP contribution in [-0.4, -0.2) is 19.5 Å². The summed E-state index contributed by atoms with van der Waals surface area (Å²) in [6.45, 7) is 4.67. The summed E-state index contributed by atoms with van der Waals surface area (Å²) in [6.07, 6.45) is 0. The number of rotatable bonds is 4. The van der Waals surface area contributed by atoms with Crippen LogP contribution in [0.4, 0.5) is 0 Å². The van der Waals surface area contributed by atoms with Crippen molar-refractivity contribution in [2.75, 3.05) is 0 Å². The highest BCUT2D eigenvalue weighted by atomic mass is 32.1. The highest BCUT2D eigenvalue weighted by Gasteiger charge is 2.36. The zero-order valence-corrected chi connectivity index (χ0v) is 33.6. The van der Waals surface area contributed by atoms with Gasteiger partial charge in [0.1, 0.15) is 11.2 Å². The van der Waals surface area contributed by atoms with E-state index >= 15 is 0 Å². The normalized spacial score (nSPS) is 13.3. The monoisotopic (exact) mass is 786 g/mol. The van der Waals surface area contributed by atoms with Gasteiger partial charge in [0.05, 0.1) is 11.0 Å². The van der Waals surface area contributed by atoms with E-state index in [1.165, 1.54) is 48.0 Å². The molecule has 0 unspecified atom stereocenters. The number of hydrogen-bond donors (Lipinski definition) is 0. The number of para-hydroxylation sites is 2. The van der Waals surface area contributed by atoms with E-state index in [-0.39, 0.29) is 5.41 Å². The average molecular weight is 787 g/mol. The quantitative estimate of drug-likeness (QED) is 0.178. The van der Waals surface area contributed by atoms with Gasteiger partial charge in [-0.1, -0.05) is 117 Å². The first-order valence-electron chi connectivity index (χ1n) is 20.3. The highest BCUT2D eigenvalue weighted by molar-refractivity contribution is 7.25. The summed E-state index contributed by atoms with van der Waals surface area (Å²) in [4.78, 5) is 15.6. The lowest BCUT2D eigenvalue weighted by atomic mass is 9.81. The predicted octanol–water partition coefficient (Wildman–Crippen LogP) is 14.5. The molecule has 0 bridgehead atoms. The lowest BCUT2D eigenvalue weighted by molar-refractivity contribution is 0.647. The zero-order chi connectivity index (χ0) is 39.7. The molecule has 13 rings (SSSR count). The third-order valence-corrected chi connectivity index (χ3v) is 13.8. The van der Waals surface area contributed by atoms with Gasteiger partial charge in [-0.3, -0.25) is 4.57 Å². The van der Waals surface area contributed by atoms with Crippen molar-refractivity contribution in [1.82, 2.24) is 19.5 Å². The van der Waals surface area contributed by atoms with Crippen LogP contribution < -0.4 is 0 Å². The first kappa shape index (κ1) is 33.6. The molecule has 0 atom stereocenters. The highest BCUT2D eigenvalue weighted by Crippen LogP contribution is 2.52. The molecule has 8 aromatic carbocycles. The fraction of sp³-hybridized carbons (Fsp3) is 0.0556. The van der Waals surface area contributed by atoms with E-state index in [0.717, 1.165) is 60.4 Å². The Bertz CT molecular complexity index is 3760. The summed E-state index contributed by atoms with van der Waals surface area (Å²) in [5.41, 5.74) is 13.2. The van der Waals surface area contributed by atoms with Crippen LogP contribution in [0, 0.1) is 0 Å². The zero-order valence-electron chi connectivity index (χ0n) is 32.8. The molecule has 6 heteroatoms. The van der Waals surface area contributed by atoms with E-state index in [2.05, 4.69) is 164 Å². The molecule has 1 aliphatic rings. The van der Waals surface area contributed by atoms with E-state index in [1.54, 1.807) is 0 Å². The summed E-state index contributed by atoms with van der Waals surface area (Å²) >= 11 is 1.81. The van der Waals surface area contributed by atoms with Crippen LogP contribution in [0.3, 0.4) is 0 Å². The Morgan fingerprint density at radius 1 is 0.433 bits per heavy atom. The van der Waals surface area contributed by atoms with Gasteiger partial charge in [-0.05, 0) is 100 Å². The van der Waals surface area contributed by atoms with Gasteiger partial charge in [0, 0.05) is 58.3 Å². The molecule has 0 N–H and O–H groups in total. The number of fused-ring (bicyclic) bond motifs is 12. The molecule has 1 aliphatic carbocycles. The fourth-order valence-electron chi connectivity index (χ4n) is 9.68. The second-order valence-corrected chi connectivity index (χ2v) is 17.5. The largest absolute Gasteiger partial charge is 0.456 e. The average Bonchev–Trinajstić information content (AvgIpc) is 4.02. The molecule has 282 valence electrons. The molecule has 4 heterocycles. The third-order valence-electron chi connectivity index (χ3n) is 12.7. The summed E-state index contributed by atoms with van der Waals surface area (Å²) in [7, 11) is 0. The first-order valence-corrected chi connectivity index (χ1v) is 21.2. The predicted molar refractivity (Wildman–Crippen MR) is 248 cm³/mol. The van der Waals surface area contributed by atoms with Crippen LogP contribution in [0.15, 0.2) is 174 Å². The van der Waals surface area contributed by atoms with E-state index < -0.39 is 0 Å². The maximum atomic E-state index is 6.34. The topological polar surface area (TPSA) is 56.7 Å². The molecule has 0 saturated heterocycles. The lowest BCUT2D eigenvalue weighted by Crippen LogP contribution is -2.15. The lowest BCUT2D eigenvalue weighted by Gasteiger charge is -2.22. The molecule has 4 aromatic heterocycles. The summed E-state index contributed by atoms with van der Waals surface area (Å²) < 4.78 is 11.1. The smallest absolute Gasteiger partial charge is 0.238 e. The van der Waals surface area contributed by atoms with Gasteiger partial charge in [0.15, 0.2) is 11.6 Å². The summed E-state index contributed by atoms with van der Waals surface area (Å²) in [5.74, 6) is 1.86. The van der Waals surface area contributed by atoms with Crippen molar-refractivity contribution in [2.24, 2.45) is 0 Å². The number of furan rings is 1. The molecule has 0 spiro atoms. The van der Waals surface area contributed by atoms with Crippen molar-refractivity contribution in [3.63, 3.8) is 0 Å². The van der Waals surface area contributed by atoms with Crippen LogP contribution in [0.1, 0.15) is 25.0 Å². The third kappa shape index (κ3) is 4.82. The number of nitrogens with zero attached hydrogens (tertiary/aromatic N) is 4. The van der Waals surface area contributed by atoms with Crippen LogP contribution in [0.5, 0.6) is 0 Å². The minimum Gasteiger partial charge on any atom is -0.456 e. The molecule has 0 radical (unpaired) electrons. The summed E-state index contributed by atoms with van der Waals surface area (Å²) in [6, 6.07) is 60.6. The van der Waals surface area contributed by atoms with Gasteiger partial charge in [-0.2, -0.15) is 9.97 Å². The first-order chi connectivity index (χ1) is 29.5. The minimum atomic E-state index is -0.193. The van der Waals surface area contributed by atoms with Gasteiger partial charge in [0.25, 0.3) is 0 Å². The SMILES string of the molecule is CC1(C)c2cc(-c3ccc4c(c3)c3ccccc3n4-c3nc(-c4ccccc4)nc(-c4ccc5sc6ccccc6c5c4)n3)ccc2-c2cc3c(cc21)oc1ccccc13. The molecule has 12 aromatic rings. The summed E-state index contributed by atoms with van der Waals surface area (Å²) in [5, 5.41) is 7.07. The number of hydrogen-bond acceptors (Lipinski definition) is 5. The Balaban J connectivity index is 0.966. The molecular weight excluding hydrogens is 753 g/mol. The Hall–Kier alpha value is -7.41. The van der Waals surface area contributed by atoms with Gasteiger partial charge in [0.2, 0.25) is 5.95 Å². The van der Waals surface area contributed by atoms with Crippen LogP contribution in [0.25, 0.3) is 115 Å². The molecule has 5 nitrogen and oxygen atoms in total. The molecule has 0 saturated carbocycles. The fourth-order valence-corrected chi connectivity index (χ4v) is 10.8. The second kappa shape index (κ2) is 12.3. The molecular formula is C54H34N4OS. The van der Waals surface area contributed by atoms with E-state index in [4.69, 9.17) is 19.4 Å². The van der Waals surface area contributed by atoms with E-state index in [1.807, 2.05) is 35.6 Å². The Labute approximate surface area is 348 Å². The van der Waals surface area contributed by atoms with Crippen LogP contribution >= 0.6 is 11.3 Å². The Morgan fingerprint density at radius 2 is 1.08 bits per heavy atom. The van der Waals surface area contributed by atoms with Gasteiger partial charge in [-0.25, -0.2) is 4.98 Å². The van der Waals surface area contributed by atoms with Crippen LogP contribution in [0.2, 0.25) is 0 Å². The Kier molecular flexibility index (Phi) is 6.88. The van der Waals surface area contributed by atoms with Gasteiger partial charge >= 0.3 is 0 Å². The van der Waals surface area contributed by atoms with Crippen molar-refractivity contribution in [3.05, 3.63) is 181 Å². The Morgan fingerprint density at radius 3 is 1.97 bits per heavy atom. The van der Waals surface area contributed by atoms with Gasteiger partial charge in [-0.15, -0.1) is 11.3 Å². The van der Waals surface area contributed by atoms with Crippen molar-refractivity contribution >= 4 is 75.3 Å². The number of aromatic nitrogens is 4. The molecule has 60 heavy (non-hydrogen) atoms. The van der Waals surface area contributed by atoms with Crippen molar-refractivity contribution < 1.29 is 4.42 Å². The second-order valence-electron chi connectivity index (χ2n) is 16.4. The van der Waals surface area contributed by atoms with Crippen LogP contribution in [-0.2, 0) is 5.41 Å². The standard InChI is InChI=1S/C54H34N4OS/c1-54(2)43-28-33(20-23-35(43)39-29-41-37-15-7-10-18-47(37)59-48(41)30-44(39)54)32-21-24-46-40(26-32)36-14-6-9-17-45(36)58(46)53-56-51(31-12-4-3-5-13-31)55-52(57-53)34-22-25-50-42(27-34)38-16-8-11-19-49(38)60-50/h3-30H,1-2H3. The van der Waals surface area contributed by atoms with E-state index in [9.17, 15) is 0 Å². The van der Waals surface area contributed by atoms with Gasteiger partial charge < -0.3 is 4.42 Å². The van der Waals surface area contributed by atoms with E-state index in [0.29, 0.717) is 17.6 Å².